The van der Waals surface area contributed by atoms with Gasteiger partial charge < -0.3 is 15.2 Å². The number of carbonyl (C=O) groups is 1. The summed E-state index contributed by atoms with van der Waals surface area (Å²) >= 11 is 7.28. The second-order valence-electron chi connectivity index (χ2n) is 6.00. The van der Waals surface area contributed by atoms with Crippen LogP contribution in [-0.4, -0.2) is 23.2 Å². The number of hydrogen-bond acceptors (Lipinski definition) is 4. The van der Waals surface area contributed by atoms with Gasteiger partial charge in [0.1, 0.15) is 11.4 Å². The number of thiophene rings is 1. The van der Waals surface area contributed by atoms with Gasteiger partial charge in [-0.25, -0.2) is 0 Å². The number of benzene rings is 1. The minimum atomic E-state index is -1.11. The van der Waals surface area contributed by atoms with Gasteiger partial charge in [0.15, 0.2) is 5.60 Å². The fourth-order valence-corrected chi connectivity index (χ4v) is 2.89. The van der Waals surface area contributed by atoms with Crippen molar-refractivity contribution in [3.63, 3.8) is 0 Å². The predicted molar refractivity (Wildman–Crippen MR) is 93.1 cm³/mol. The maximum absolute atomic E-state index is 12.4. The molecule has 0 radical (unpaired) electrons. The smallest absolute Gasteiger partial charge is 0.263 e. The molecular formula is C17H20ClNO3S. The van der Waals surface area contributed by atoms with E-state index in [0.29, 0.717) is 10.8 Å². The maximum Gasteiger partial charge on any atom is 0.263 e. The van der Waals surface area contributed by atoms with E-state index in [-0.39, 0.29) is 12.5 Å². The van der Waals surface area contributed by atoms with E-state index in [9.17, 15) is 9.90 Å². The molecule has 2 aromatic rings. The molecule has 1 atom stereocenters. The van der Waals surface area contributed by atoms with Crippen LogP contribution in [-0.2, 0) is 10.4 Å². The summed E-state index contributed by atoms with van der Waals surface area (Å²) in [5, 5.41) is 15.7. The van der Waals surface area contributed by atoms with Crippen molar-refractivity contribution in [3.8, 4) is 5.75 Å². The van der Waals surface area contributed by atoms with Crippen molar-refractivity contribution >= 4 is 28.8 Å². The van der Waals surface area contributed by atoms with E-state index < -0.39 is 11.2 Å². The van der Waals surface area contributed by atoms with Gasteiger partial charge in [-0.2, -0.15) is 0 Å². The van der Waals surface area contributed by atoms with Crippen LogP contribution >= 0.6 is 22.9 Å². The molecule has 0 aliphatic carbocycles. The Hall–Kier alpha value is -1.56. The second-order valence-corrected chi connectivity index (χ2v) is 7.38. The monoisotopic (exact) mass is 353 g/mol. The van der Waals surface area contributed by atoms with Crippen LogP contribution in [0.25, 0.3) is 0 Å². The third-order valence-electron chi connectivity index (χ3n) is 3.38. The van der Waals surface area contributed by atoms with Crippen LogP contribution in [0.1, 0.15) is 25.6 Å². The van der Waals surface area contributed by atoms with E-state index in [0.717, 1.165) is 4.88 Å². The molecule has 0 bridgehead atoms. The van der Waals surface area contributed by atoms with Crippen molar-refractivity contribution in [1.29, 1.82) is 0 Å². The quantitative estimate of drug-likeness (QED) is 0.834. The molecule has 0 unspecified atom stereocenters. The van der Waals surface area contributed by atoms with Gasteiger partial charge in [-0.1, -0.05) is 17.7 Å². The summed E-state index contributed by atoms with van der Waals surface area (Å²) < 4.78 is 5.72. The summed E-state index contributed by atoms with van der Waals surface area (Å²) in [6.45, 7) is 5.14. The average Bonchev–Trinajstić information content (AvgIpc) is 3.02. The molecule has 4 nitrogen and oxygen atoms in total. The van der Waals surface area contributed by atoms with Crippen LogP contribution < -0.4 is 10.1 Å². The molecule has 0 aliphatic rings. The number of aliphatic hydroxyl groups is 1. The van der Waals surface area contributed by atoms with E-state index >= 15 is 0 Å². The Bertz CT molecular complexity index is 651. The van der Waals surface area contributed by atoms with Crippen molar-refractivity contribution in [2.75, 3.05) is 6.54 Å². The van der Waals surface area contributed by atoms with E-state index in [1.54, 1.807) is 45.0 Å². The summed E-state index contributed by atoms with van der Waals surface area (Å²) in [7, 11) is 0. The summed E-state index contributed by atoms with van der Waals surface area (Å²) in [4.78, 5) is 13.2. The lowest BCUT2D eigenvalue weighted by Crippen LogP contribution is -2.50. The largest absolute Gasteiger partial charge is 0.478 e. The van der Waals surface area contributed by atoms with Crippen molar-refractivity contribution in [2.24, 2.45) is 0 Å². The van der Waals surface area contributed by atoms with E-state index in [4.69, 9.17) is 16.3 Å². The minimum absolute atomic E-state index is 0.111. The number of rotatable bonds is 6. The van der Waals surface area contributed by atoms with Gasteiger partial charge in [0.05, 0.1) is 6.54 Å². The van der Waals surface area contributed by atoms with E-state index in [2.05, 4.69) is 5.32 Å². The minimum Gasteiger partial charge on any atom is -0.478 e. The molecule has 0 spiro atoms. The van der Waals surface area contributed by atoms with E-state index in [1.165, 1.54) is 11.3 Å². The Kier molecular flexibility index (Phi) is 5.34. The molecule has 6 heteroatoms. The van der Waals surface area contributed by atoms with Gasteiger partial charge in [-0.05, 0) is 56.5 Å². The number of carbonyl (C=O) groups excluding carboxylic acids is 1. The first-order valence-corrected chi connectivity index (χ1v) is 8.46. The van der Waals surface area contributed by atoms with Gasteiger partial charge in [0.25, 0.3) is 5.91 Å². The zero-order chi connectivity index (χ0) is 17.1. The highest BCUT2D eigenvalue weighted by Crippen LogP contribution is 2.25. The van der Waals surface area contributed by atoms with Crippen LogP contribution in [0.15, 0.2) is 41.8 Å². The Balaban J connectivity index is 1.97. The first-order valence-electron chi connectivity index (χ1n) is 7.20. The Morgan fingerprint density at radius 1 is 1.26 bits per heavy atom. The van der Waals surface area contributed by atoms with Crippen molar-refractivity contribution in [1.82, 2.24) is 5.32 Å². The number of nitrogens with one attached hydrogen (secondary N) is 1. The molecule has 1 amide bonds. The first kappa shape index (κ1) is 17.8. The molecule has 124 valence electrons. The molecule has 1 heterocycles. The molecule has 23 heavy (non-hydrogen) atoms. The topological polar surface area (TPSA) is 58.6 Å². The van der Waals surface area contributed by atoms with Gasteiger partial charge in [0, 0.05) is 9.90 Å². The fraction of sp³-hybridized carbons (Fsp3) is 0.353. The molecule has 0 fully saturated rings. The second kappa shape index (κ2) is 6.91. The Morgan fingerprint density at radius 3 is 2.48 bits per heavy atom. The molecule has 1 aromatic heterocycles. The van der Waals surface area contributed by atoms with Crippen LogP contribution in [0.2, 0.25) is 5.02 Å². The highest BCUT2D eigenvalue weighted by atomic mass is 35.5. The van der Waals surface area contributed by atoms with Gasteiger partial charge in [0.2, 0.25) is 0 Å². The molecule has 2 N–H and O–H groups in total. The molecular weight excluding hydrogens is 334 g/mol. The summed E-state index contributed by atoms with van der Waals surface area (Å²) in [6, 6.07) is 10.5. The lowest BCUT2D eigenvalue weighted by molar-refractivity contribution is -0.135. The van der Waals surface area contributed by atoms with Crippen molar-refractivity contribution < 1.29 is 14.6 Å². The number of amides is 1. The van der Waals surface area contributed by atoms with Gasteiger partial charge in [-0.15, -0.1) is 11.3 Å². The van der Waals surface area contributed by atoms with E-state index in [1.807, 2.05) is 17.5 Å². The highest BCUT2D eigenvalue weighted by molar-refractivity contribution is 7.10. The zero-order valence-electron chi connectivity index (χ0n) is 13.3. The fourth-order valence-electron chi connectivity index (χ4n) is 1.98. The molecule has 0 saturated carbocycles. The van der Waals surface area contributed by atoms with Crippen LogP contribution in [0.4, 0.5) is 0 Å². The number of halogens is 1. The number of ether oxygens (including phenoxy) is 1. The SMILES string of the molecule is CC(C)(Oc1ccc(Cl)cc1)C(=O)NC[C@](C)(O)c1cccs1. The highest BCUT2D eigenvalue weighted by Gasteiger charge is 2.32. The summed E-state index contributed by atoms with van der Waals surface area (Å²) in [6.07, 6.45) is 0. The van der Waals surface area contributed by atoms with Gasteiger partial charge in [-0.3, -0.25) is 4.79 Å². The van der Waals surface area contributed by atoms with Gasteiger partial charge >= 0.3 is 0 Å². The molecule has 0 aliphatic heterocycles. The molecule has 1 aromatic carbocycles. The lowest BCUT2D eigenvalue weighted by atomic mass is 10.0. The van der Waals surface area contributed by atoms with Crippen LogP contribution in [0.5, 0.6) is 5.75 Å². The Morgan fingerprint density at radius 2 is 1.91 bits per heavy atom. The normalized spacial score (nSPS) is 14.1. The zero-order valence-corrected chi connectivity index (χ0v) is 14.9. The molecule has 2 rings (SSSR count). The average molecular weight is 354 g/mol. The molecule has 0 saturated heterocycles. The third-order valence-corrected chi connectivity index (χ3v) is 4.75. The van der Waals surface area contributed by atoms with Crippen molar-refractivity contribution in [3.05, 3.63) is 51.7 Å². The van der Waals surface area contributed by atoms with Crippen LogP contribution in [0.3, 0.4) is 0 Å². The Labute approximate surface area is 145 Å². The summed E-state index contributed by atoms with van der Waals surface area (Å²) in [5.74, 6) is 0.254. The standard InChI is InChI=1S/C17H20ClNO3S/c1-16(2,22-13-8-6-12(18)7-9-13)15(20)19-11-17(3,21)14-5-4-10-23-14/h4-10,21H,11H2,1-3H3,(H,19,20)/t17-/m0/s1. The maximum atomic E-state index is 12.4. The first-order chi connectivity index (χ1) is 10.7. The predicted octanol–water partition coefficient (Wildman–Crippen LogP) is 3.58. The third kappa shape index (κ3) is 4.70. The van der Waals surface area contributed by atoms with Crippen molar-refractivity contribution in [2.45, 2.75) is 32.0 Å². The number of hydrogen-bond donors (Lipinski definition) is 2. The lowest BCUT2D eigenvalue weighted by Gasteiger charge is -2.28. The summed E-state index contributed by atoms with van der Waals surface area (Å²) in [5.41, 5.74) is -2.18. The van der Waals surface area contributed by atoms with Crippen LogP contribution in [0, 0.1) is 0 Å².